The van der Waals surface area contributed by atoms with Crippen LogP contribution in [-0.2, 0) is 13.6 Å². The van der Waals surface area contributed by atoms with Crippen LogP contribution in [0.5, 0.6) is 0 Å². The summed E-state index contributed by atoms with van der Waals surface area (Å²) in [6.45, 7) is 0.372. The molecule has 0 aliphatic rings. The van der Waals surface area contributed by atoms with E-state index in [2.05, 4.69) is 15.3 Å². The summed E-state index contributed by atoms with van der Waals surface area (Å²) in [4.78, 5) is 19.7. The molecule has 0 saturated heterocycles. The van der Waals surface area contributed by atoms with E-state index in [1.54, 1.807) is 12.3 Å². The van der Waals surface area contributed by atoms with E-state index in [9.17, 15) is 4.79 Å². The lowest BCUT2D eigenvalue weighted by Gasteiger charge is -2.05. The molecule has 0 atom stereocenters. The molecule has 0 aliphatic carbocycles. The van der Waals surface area contributed by atoms with Gasteiger partial charge in [-0.15, -0.1) is 0 Å². The molecule has 2 aromatic rings. The van der Waals surface area contributed by atoms with Crippen molar-refractivity contribution in [2.45, 2.75) is 6.54 Å². The number of nitrogens with zero attached hydrogens (tertiary/aromatic N) is 3. The average Bonchev–Trinajstić information content (AvgIpc) is 2.72. The summed E-state index contributed by atoms with van der Waals surface area (Å²) in [5.41, 5.74) is 6.46. The minimum absolute atomic E-state index is 0.215. The quantitative estimate of drug-likeness (QED) is 0.797. The van der Waals surface area contributed by atoms with E-state index < -0.39 is 0 Å². The molecule has 0 aliphatic heterocycles. The Labute approximate surface area is 98.5 Å². The summed E-state index contributed by atoms with van der Waals surface area (Å²) in [5.74, 6) is 0.572. The topological polar surface area (TPSA) is 85.8 Å². The van der Waals surface area contributed by atoms with Crippen LogP contribution >= 0.6 is 0 Å². The fourth-order valence-corrected chi connectivity index (χ4v) is 1.41. The summed E-state index contributed by atoms with van der Waals surface area (Å²) < 4.78 is 1.85. The lowest BCUT2D eigenvalue weighted by Crippen LogP contribution is -2.24. The number of hydrogen-bond donors (Lipinski definition) is 2. The Bertz CT molecular complexity index is 534. The summed E-state index contributed by atoms with van der Waals surface area (Å²) in [6.07, 6.45) is 6.48. The third kappa shape index (κ3) is 2.60. The van der Waals surface area contributed by atoms with Crippen LogP contribution in [0.3, 0.4) is 0 Å². The monoisotopic (exact) mass is 231 g/mol. The third-order valence-corrected chi connectivity index (χ3v) is 2.35. The number of nitrogens with one attached hydrogen (secondary N) is 1. The van der Waals surface area contributed by atoms with Crippen molar-refractivity contribution in [2.24, 2.45) is 7.05 Å². The van der Waals surface area contributed by atoms with E-state index in [1.165, 1.54) is 12.4 Å². The second-order valence-electron chi connectivity index (χ2n) is 3.64. The molecule has 88 valence electrons. The van der Waals surface area contributed by atoms with E-state index in [0.717, 1.165) is 5.82 Å². The van der Waals surface area contributed by atoms with E-state index in [-0.39, 0.29) is 5.91 Å². The molecular formula is C11H13N5O. The Balaban J connectivity index is 2.01. The van der Waals surface area contributed by atoms with Gasteiger partial charge in [0, 0.05) is 31.8 Å². The highest BCUT2D eigenvalue weighted by molar-refractivity contribution is 5.94. The number of amides is 1. The minimum atomic E-state index is -0.215. The van der Waals surface area contributed by atoms with Gasteiger partial charge in [-0.3, -0.25) is 9.78 Å². The van der Waals surface area contributed by atoms with Crippen molar-refractivity contribution in [3.63, 3.8) is 0 Å². The fraction of sp³-hybridized carbons (Fsp3) is 0.182. The molecular weight excluding hydrogens is 218 g/mol. The van der Waals surface area contributed by atoms with E-state index in [4.69, 9.17) is 5.73 Å². The van der Waals surface area contributed by atoms with Crippen molar-refractivity contribution in [1.29, 1.82) is 0 Å². The minimum Gasteiger partial charge on any atom is -0.397 e. The van der Waals surface area contributed by atoms with E-state index in [0.29, 0.717) is 17.8 Å². The highest BCUT2D eigenvalue weighted by Gasteiger charge is 2.07. The molecule has 2 rings (SSSR count). The Kier molecular flexibility index (Phi) is 3.04. The maximum absolute atomic E-state index is 11.8. The smallest absolute Gasteiger partial charge is 0.253 e. The second-order valence-corrected chi connectivity index (χ2v) is 3.64. The van der Waals surface area contributed by atoms with E-state index in [1.807, 2.05) is 17.8 Å². The number of nitrogens with two attached hydrogens (primary N) is 1. The fourth-order valence-electron chi connectivity index (χ4n) is 1.41. The van der Waals surface area contributed by atoms with Crippen molar-refractivity contribution < 1.29 is 4.79 Å². The number of pyridine rings is 1. The van der Waals surface area contributed by atoms with Crippen LogP contribution in [0.15, 0.2) is 30.9 Å². The van der Waals surface area contributed by atoms with Crippen molar-refractivity contribution in [3.05, 3.63) is 42.2 Å². The van der Waals surface area contributed by atoms with Crippen LogP contribution in [0.25, 0.3) is 0 Å². The Morgan fingerprint density at radius 1 is 1.53 bits per heavy atom. The summed E-state index contributed by atoms with van der Waals surface area (Å²) in [5, 5.41) is 2.75. The molecule has 0 unspecified atom stereocenters. The summed E-state index contributed by atoms with van der Waals surface area (Å²) >= 11 is 0. The number of rotatable bonds is 3. The Morgan fingerprint density at radius 2 is 2.35 bits per heavy atom. The van der Waals surface area contributed by atoms with Crippen molar-refractivity contribution >= 4 is 11.6 Å². The number of carbonyl (C=O) groups is 1. The number of aryl methyl sites for hydroxylation is 1. The second kappa shape index (κ2) is 4.65. The van der Waals surface area contributed by atoms with Gasteiger partial charge in [0.05, 0.1) is 17.8 Å². The Hall–Kier alpha value is -2.37. The van der Waals surface area contributed by atoms with Crippen LogP contribution in [0.2, 0.25) is 0 Å². The molecule has 0 radical (unpaired) electrons. The van der Waals surface area contributed by atoms with Crippen LogP contribution in [-0.4, -0.2) is 20.4 Å². The van der Waals surface area contributed by atoms with Gasteiger partial charge in [-0.05, 0) is 6.07 Å². The van der Waals surface area contributed by atoms with Gasteiger partial charge in [0.15, 0.2) is 0 Å². The maximum Gasteiger partial charge on any atom is 0.253 e. The predicted octanol–water partition coefficient (Wildman–Crippen LogP) is 0.327. The van der Waals surface area contributed by atoms with Gasteiger partial charge in [0.1, 0.15) is 5.82 Å². The largest absolute Gasteiger partial charge is 0.397 e. The van der Waals surface area contributed by atoms with Crippen LogP contribution < -0.4 is 11.1 Å². The number of hydrogen-bond acceptors (Lipinski definition) is 4. The normalized spacial score (nSPS) is 10.2. The summed E-state index contributed by atoms with van der Waals surface area (Å²) in [6, 6.07) is 1.58. The van der Waals surface area contributed by atoms with Gasteiger partial charge in [-0.25, -0.2) is 4.98 Å². The molecule has 17 heavy (non-hydrogen) atoms. The molecule has 0 aromatic carbocycles. The van der Waals surface area contributed by atoms with Crippen LogP contribution in [0.4, 0.5) is 5.69 Å². The molecule has 3 N–H and O–H groups in total. The zero-order valence-corrected chi connectivity index (χ0v) is 9.42. The first kappa shape index (κ1) is 11.1. The SMILES string of the molecule is Cn1ccnc1CNC(=O)c1cncc(N)c1. The lowest BCUT2D eigenvalue weighted by molar-refractivity contribution is 0.0949. The van der Waals surface area contributed by atoms with Gasteiger partial charge in [0.25, 0.3) is 5.91 Å². The highest BCUT2D eigenvalue weighted by Crippen LogP contribution is 2.04. The average molecular weight is 231 g/mol. The number of carbonyl (C=O) groups excluding carboxylic acids is 1. The molecule has 0 bridgehead atoms. The van der Waals surface area contributed by atoms with Gasteiger partial charge in [-0.2, -0.15) is 0 Å². The predicted molar refractivity (Wildman–Crippen MR) is 63.0 cm³/mol. The third-order valence-electron chi connectivity index (χ3n) is 2.35. The molecule has 6 nitrogen and oxygen atoms in total. The molecule has 2 aromatic heterocycles. The number of nitrogen functional groups attached to an aromatic ring is 1. The van der Waals surface area contributed by atoms with E-state index >= 15 is 0 Å². The highest BCUT2D eigenvalue weighted by atomic mass is 16.1. The number of anilines is 1. The van der Waals surface area contributed by atoms with Gasteiger partial charge in [0.2, 0.25) is 0 Å². The molecule has 0 spiro atoms. The van der Waals surface area contributed by atoms with Crippen LogP contribution in [0.1, 0.15) is 16.2 Å². The number of imidazole rings is 1. The first-order valence-electron chi connectivity index (χ1n) is 5.12. The molecule has 6 heteroatoms. The zero-order chi connectivity index (χ0) is 12.3. The molecule has 1 amide bonds. The van der Waals surface area contributed by atoms with Crippen molar-refractivity contribution in [3.8, 4) is 0 Å². The molecule has 0 saturated carbocycles. The first-order chi connectivity index (χ1) is 8.16. The van der Waals surface area contributed by atoms with Gasteiger partial charge in [-0.1, -0.05) is 0 Å². The molecule has 2 heterocycles. The lowest BCUT2D eigenvalue weighted by atomic mass is 10.2. The van der Waals surface area contributed by atoms with Crippen molar-refractivity contribution in [2.75, 3.05) is 5.73 Å². The first-order valence-corrected chi connectivity index (χ1v) is 5.12. The Morgan fingerprint density at radius 3 is 3.00 bits per heavy atom. The van der Waals surface area contributed by atoms with Gasteiger partial charge >= 0.3 is 0 Å². The summed E-state index contributed by atoms with van der Waals surface area (Å²) in [7, 11) is 1.87. The zero-order valence-electron chi connectivity index (χ0n) is 9.42. The van der Waals surface area contributed by atoms with Gasteiger partial charge < -0.3 is 15.6 Å². The molecule has 0 fully saturated rings. The van der Waals surface area contributed by atoms with Crippen LogP contribution in [0, 0.1) is 0 Å². The van der Waals surface area contributed by atoms with Crippen molar-refractivity contribution in [1.82, 2.24) is 19.9 Å². The number of aromatic nitrogens is 3. The standard InChI is InChI=1S/C11H13N5O/c1-16-3-2-14-10(16)7-15-11(17)8-4-9(12)6-13-5-8/h2-6H,7,12H2,1H3,(H,15,17). The maximum atomic E-state index is 11.8.